The van der Waals surface area contributed by atoms with Crippen LogP contribution in [-0.2, 0) is 5.60 Å². The molecule has 0 aliphatic heterocycles. The maximum absolute atomic E-state index is 10.8. The maximum atomic E-state index is 10.8. The molecule has 6 heteroatoms. The molecule has 1 aliphatic carbocycles. The van der Waals surface area contributed by atoms with Gasteiger partial charge in [-0.1, -0.05) is 19.8 Å². The highest BCUT2D eigenvalue weighted by Crippen LogP contribution is 2.40. The first kappa shape index (κ1) is 11.4. The Kier molecular flexibility index (Phi) is 2.48. The molecule has 1 saturated carbocycles. The van der Waals surface area contributed by atoms with Gasteiger partial charge in [-0.3, -0.25) is 0 Å². The third-order valence-electron chi connectivity index (χ3n) is 3.96. The molecule has 6 nitrogen and oxygen atoms in total. The SMILES string of the molecule is CC1CCCCC1(O)c1nc(N)c2[nH]cnc2n1. The normalized spacial score (nSPS) is 28.7. The van der Waals surface area contributed by atoms with E-state index in [1.807, 2.05) is 6.92 Å². The quantitative estimate of drug-likeness (QED) is 0.705. The van der Waals surface area contributed by atoms with Gasteiger partial charge in [-0.2, -0.15) is 0 Å². The van der Waals surface area contributed by atoms with Gasteiger partial charge >= 0.3 is 0 Å². The van der Waals surface area contributed by atoms with Crippen LogP contribution < -0.4 is 5.73 Å². The molecule has 4 N–H and O–H groups in total. The summed E-state index contributed by atoms with van der Waals surface area (Å²) in [6, 6.07) is 0. The van der Waals surface area contributed by atoms with Gasteiger partial charge in [0, 0.05) is 0 Å². The third kappa shape index (κ3) is 1.56. The second-order valence-electron chi connectivity index (χ2n) is 5.10. The molecule has 2 unspecified atom stereocenters. The molecule has 1 fully saturated rings. The van der Waals surface area contributed by atoms with Crippen molar-refractivity contribution in [3.8, 4) is 0 Å². The summed E-state index contributed by atoms with van der Waals surface area (Å²) in [6.45, 7) is 2.04. The Morgan fingerprint density at radius 2 is 2.28 bits per heavy atom. The standard InChI is InChI=1S/C12H17N5O/c1-7-4-2-3-5-12(7,18)11-16-9(13)8-10(17-11)15-6-14-8/h6-7,18H,2-5H2,1H3,(H3,13,14,15,16,17). The van der Waals surface area contributed by atoms with E-state index in [1.165, 1.54) is 6.33 Å². The van der Waals surface area contributed by atoms with Gasteiger partial charge in [-0.05, 0) is 18.8 Å². The number of aromatic nitrogens is 4. The maximum Gasteiger partial charge on any atom is 0.183 e. The van der Waals surface area contributed by atoms with Crippen LogP contribution in [0.5, 0.6) is 0 Å². The molecule has 0 aromatic carbocycles. The molecule has 2 aromatic rings. The van der Waals surface area contributed by atoms with Crippen LogP contribution in [0.25, 0.3) is 11.2 Å². The van der Waals surface area contributed by atoms with Crippen LogP contribution in [0.3, 0.4) is 0 Å². The van der Waals surface area contributed by atoms with E-state index in [9.17, 15) is 5.11 Å². The Balaban J connectivity index is 2.12. The predicted molar refractivity (Wildman–Crippen MR) is 67.6 cm³/mol. The molecule has 2 aromatic heterocycles. The fraction of sp³-hybridized carbons (Fsp3) is 0.583. The zero-order valence-electron chi connectivity index (χ0n) is 10.3. The van der Waals surface area contributed by atoms with E-state index < -0.39 is 5.60 Å². The summed E-state index contributed by atoms with van der Waals surface area (Å²) in [7, 11) is 0. The van der Waals surface area contributed by atoms with Crippen molar-refractivity contribution < 1.29 is 5.11 Å². The fourth-order valence-electron chi connectivity index (χ4n) is 2.71. The predicted octanol–water partition coefficient (Wildman–Crippen LogP) is 1.33. The summed E-state index contributed by atoms with van der Waals surface area (Å²) in [5.41, 5.74) is 6.05. The number of imidazole rings is 1. The largest absolute Gasteiger partial charge is 0.382 e. The zero-order valence-corrected chi connectivity index (χ0v) is 10.3. The van der Waals surface area contributed by atoms with Gasteiger partial charge in [0.15, 0.2) is 17.3 Å². The molecule has 0 spiro atoms. The number of nitrogen functional groups attached to an aromatic ring is 1. The number of aromatic amines is 1. The van der Waals surface area contributed by atoms with Crippen LogP contribution in [0.1, 0.15) is 38.4 Å². The topological polar surface area (TPSA) is 101 Å². The van der Waals surface area contributed by atoms with Gasteiger partial charge in [-0.15, -0.1) is 0 Å². The van der Waals surface area contributed by atoms with E-state index >= 15 is 0 Å². The number of anilines is 1. The van der Waals surface area contributed by atoms with Crippen molar-refractivity contribution in [2.24, 2.45) is 5.92 Å². The van der Waals surface area contributed by atoms with E-state index in [-0.39, 0.29) is 5.92 Å². The Morgan fingerprint density at radius 3 is 3.06 bits per heavy atom. The lowest BCUT2D eigenvalue weighted by Crippen LogP contribution is -2.38. The molecule has 0 amide bonds. The van der Waals surface area contributed by atoms with Crippen molar-refractivity contribution >= 4 is 17.0 Å². The molecular formula is C12H17N5O. The van der Waals surface area contributed by atoms with Crippen molar-refractivity contribution in [2.45, 2.75) is 38.2 Å². The smallest absolute Gasteiger partial charge is 0.183 e. The number of hydrogen-bond acceptors (Lipinski definition) is 5. The van der Waals surface area contributed by atoms with E-state index in [1.54, 1.807) is 0 Å². The first-order valence-electron chi connectivity index (χ1n) is 6.31. The Hall–Kier alpha value is -1.69. The van der Waals surface area contributed by atoms with Crippen LogP contribution >= 0.6 is 0 Å². The van der Waals surface area contributed by atoms with Crippen LogP contribution in [0.15, 0.2) is 6.33 Å². The molecule has 0 radical (unpaired) electrons. The van der Waals surface area contributed by atoms with Crippen molar-refractivity contribution in [3.05, 3.63) is 12.2 Å². The molecule has 96 valence electrons. The second-order valence-corrected chi connectivity index (χ2v) is 5.10. The number of nitrogens with one attached hydrogen (secondary N) is 1. The average Bonchev–Trinajstić information content (AvgIpc) is 2.82. The molecule has 1 aliphatic rings. The van der Waals surface area contributed by atoms with E-state index in [2.05, 4.69) is 19.9 Å². The van der Waals surface area contributed by atoms with Crippen LogP contribution in [-0.4, -0.2) is 25.0 Å². The number of nitrogens with two attached hydrogens (primary N) is 1. The highest BCUT2D eigenvalue weighted by Gasteiger charge is 2.40. The first-order chi connectivity index (χ1) is 8.61. The number of aliphatic hydroxyl groups is 1. The van der Waals surface area contributed by atoms with Crippen molar-refractivity contribution in [2.75, 3.05) is 5.73 Å². The number of H-pyrrole nitrogens is 1. The highest BCUT2D eigenvalue weighted by molar-refractivity contribution is 5.80. The molecule has 0 saturated heterocycles. The number of fused-ring (bicyclic) bond motifs is 1. The fourth-order valence-corrected chi connectivity index (χ4v) is 2.71. The van der Waals surface area contributed by atoms with E-state index in [0.29, 0.717) is 29.2 Å². The molecule has 2 heterocycles. The lowest BCUT2D eigenvalue weighted by molar-refractivity contribution is -0.0540. The minimum absolute atomic E-state index is 0.141. The highest BCUT2D eigenvalue weighted by atomic mass is 16.3. The lowest BCUT2D eigenvalue weighted by atomic mass is 9.76. The van der Waals surface area contributed by atoms with Crippen LogP contribution in [0.4, 0.5) is 5.82 Å². The van der Waals surface area contributed by atoms with E-state index in [4.69, 9.17) is 5.73 Å². The monoisotopic (exact) mass is 247 g/mol. The summed E-state index contributed by atoms with van der Waals surface area (Å²) in [5, 5.41) is 10.8. The molecular weight excluding hydrogens is 230 g/mol. The number of nitrogens with zero attached hydrogens (tertiary/aromatic N) is 3. The summed E-state index contributed by atoms with van der Waals surface area (Å²) >= 11 is 0. The minimum Gasteiger partial charge on any atom is -0.382 e. The lowest BCUT2D eigenvalue weighted by Gasteiger charge is -2.36. The van der Waals surface area contributed by atoms with E-state index in [0.717, 1.165) is 19.3 Å². The molecule has 0 bridgehead atoms. The summed E-state index contributed by atoms with van der Waals surface area (Å²) in [4.78, 5) is 15.6. The van der Waals surface area contributed by atoms with Crippen molar-refractivity contribution in [3.63, 3.8) is 0 Å². The number of rotatable bonds is 1. The zero-order chi connectivity index (χ0) is 12.8. The third-order valence-corrected chi connectivity index (χ3v) is 3.96. The van der Waals surface area contributed by atoms with Gasteiger partial charge in [0.05, 0.1) is 6.33 Å². The molecule has 2 atom stereocenters. The van der Waals surface area contributed by atoms with Gasteiger partial charge in [0.25, 0.3) is 0 Å². The van der Waals surface area contributed by atoms with Crippen LogP contribution in [0, 0.1) is 5.92 Å². The van der Waals surface area contributed by atoms with Gasteiger partial charge in [-0.25, -0.2) is 15.0 Å². The average molecular weight is 247 g/mol. The van der Waals surface area contributed by atoms with Gasteiger partial charge in [0.1, 0.15) is 11.1 Å². The summed E-state index contributed by atoms with van der Waals surface area (Å²) in [5.74, 6) is 0.896. The Morgan fingerprint density at radius 1 is 1.44 bits per heavy atom. The Labute approximate surface area is 105 Å². The Bertz CT molecular complexity index is 581. The number of hydrogen-bond donors (Lipinski definition) is 3. The molecule has 18 heavy (non-hydrogen) atoms. The first-order valence-corrected chi connectivity index (χ1v) is 6.31. The summed E-state index contributed by atoms with van der Waals surface area (Å²) < 4.78 is 0. The second kappa shape index (κ2) is 3.91. The van der Waals surface area contributed by atoms with Gasteiger partial charge in [0.2, 0.25) is 0 Å². The van der Waals surface area contributed by atoms with Crippen molar-refractivity contribution in [1.29, 1.82) is 0 Å². The minimum atomic E-state index is -0.973. The van der Waals surface area contributed by atoms with Crippen molar-refractivity contribution in [1.82, 2.24) is 19.9 Å². The van der Waals surface area contributed by atoms with Gasteiger partial charge < -0.3 is 15.8 Å². The van der Waals surface area contributed by atoms with Crippen LogP contribution in [0.2, 0.25) is 0 Å². The summed E-state index contributed by atoms with van der Waals surface area (Å²) in [6.07, 6.45) is 5.34. The molecule has 3 rings (SSSR count).